The average molecular weight is 594 g/mol. The van der Waals surface area contributed by atoms with Crippen molar-refractivity contribution in [3.8, 4) is 11.5 Å². The number of anilines is 1. The Labute approximate surface area is 233 Å². The maximum atomic E-state index is 13.8. The van der Waals surface area contributed by atoms with Crippen LogP contribution in [0.25, 0.3) is 6.08 Å². The maximum Gasteiger partial charge on any atom is 0.329 e. The maximum absolute atomic E-state index is 13.8. The number of hydrogen-bond donors (Lipinski definition) is 2. The molecule has 10 heteroatoms. The van der Waals surface area contributed by atoms with Crippen molar-refractivity contribution in [1.29, 1.82) is 0 Å². The van der Waals surface area contributed by atoms with Crippen LogP contribution in [-0.2, 0) is 22.6 Å². The van der Waals surface area contributed by atoms with E-state index in [0.29, 0.717) is 30.1 Å². The monoisotopic (exact) mass is 593 g/mol. The van der Waals surface area contributed by atoms with Gasteiger partial charge < -0.3 is 20.1 Å². The predicted molar refractivity (Wildman–Crippen MR) is 149 cm³/mol. The number of ether oxygens (including phenoxy) is 2. The molecule has 1 heterocycles. The lowest BCUT2D eigenvalue weighted by Crippen LogP contribution is -2.38. The van der Waals surface area contributed by atoms with E-state index in [0.717, 1.165) is 20.5 Å². The Morgan fingerprint density at radius 2 is 1.90 bits per heavy atom. The summed E-state index contributed by atoms with van der Waals surface area (Å²) in [5.41, 5.74) is 2.24. The topological polar surface area (TPSA) is 97.0 Å². The van der Waals surface area contributed by atoms with Gasteiger partial charge in [-0.3, -0.25) is 9.59 Å². The number of nitrogens with zero attached hydrogens (tertiary/aromatic N) is 1. The van der Waals surface area contributed by atoms with Gasteiger partial charge in [-0.05, 0) is 60.0 Å². The highest BCUT2D eigenvalue weighted by molar-refractivity contribution is 9.10. The van der Waals surface area contributed by atoms with Gasteiger partial charge in [0.1, 0.15) is 24.7 Å². The first-order chi connectivity index (χ1) is 18.8. The predicted octanol–water partition coefficient (Wildman–Crippen LogP) is 5.44. The molecule has 0 bridgehead atoms. The first-order valence-electron chi connectivity index (χ1n) is 11.9. The number of rotatable bonds is 10. The molecular weight excluding hydrogens is 569 g/mol. The molecule has 39 heavy (non-hydrogen) atoms. The van der Waals surface area contributed by atoms with Crippen molar-refractivity contribution in [2.24, 2.45) is 0 Å². The number of carbonyl (C=O) groups excluding carboxylic acids is 3. The Morgan fingerprint density at radius 3 is 2.59 bits per heavy atom. The van der Waals surface area contributed by atoms with Crippen molar-refractivity contribution in [2.45, 2.75) is 13.0 Å². The fraction of sp³-hybridized carbons (Fsp3) is 0.138. The van der Waals surface area contributed by atoms with Crippen molar-refractivity contribution >= 4 is 45.5 Å². The third kappa shape index (κ3) is 6.71. The average Bonchev–Trinajstić information content (AvgIpc) is 3.17. The third-order valence-electron chi connectivity index (χ3n) is 5.76. The van der Waals surface area contributed by atoms with E-state index in [2.05, 4.69) is 33.1 Å². The molecule has 0 radical (unpaired) electrons. The van der Waals surface area contributed by atoms with Gasteiger partial charge in [-0.15, -0.1) is 6.58 Å². The summed E-state index contributed by atoms with van der Waals surface area (Å²) in [5.74, 6) is -1.06. The molecule has 3 aromatic carbocycles. The molecule has 2 N–H and O–H groups in total. The number of para-hydroxylation sites is 1. The van der Waals surface area contributed by atoms with Gasteiger partial charge in [0.05, 0.1) is 12.8 Å². The van der Waals surface area contributed by atoms with Crippen molar-refractivity contribution in [3.63, 3.8) is 0 Å². The van der Waals surface area contributed by atoms with Gasteiger partial charge in [0, 0.05) is 10.0 Å². The Bertz CT molecular complexity index is 1460. The molecule has 0 aliphatic carbocycles. The Balaban J connectivity index is 1.53. The Morgan fingerprint density at radius 1 is 1.15 bits per heavy atom. The van der Waals surface area contributed by atoms with Gasteiger partial charge in [-0.1, -0.05) is 46.3 Å². The number of benzene rings is 3. The standard InChI is InChI=1S/C29H25BrFN3O5/c1-3-6-20-13-19(15-25(38-2)27(20)39-17-18-9-11-21(30)12-10-18)14-24-28(36)34(29(37)33-24)16-26(35)32-23-8-5-4-7-22(23)31/h3-5,7-15H,1,6,16-17H2,2H3,(H,32,35)(H,33,37)/b24-14+. The molecule has 8 nitrogen and oxygen atoms in total. The van der Waals surface area contributed by atoms with Gasteiger partial charge in [0.25, 0.3) is 5.91 Å². The number of hydrogen-bond acceptors (Lipinski definition) is 5. The molecule has 1 fully saturated rings. The SMILES string of the molecule is C=CCc1cc(/C=C2/NC(=O)N(CC(=O)Nc3ccccc3F)C2=O)cc(OC)c1OCc1ccc(Br)cc1. The van der Waals surface area contributed by atoms with E-state index in [-0.39, 0.29) is 11.4 Å². The molecule has 0 spiro atoms. The van der Waals surface area contributed by atoms with Crippen LogP contribution in [-0.4, -0.2) is 36.4 Å². The molecule has 4 rings (SSSR count). The van der Waals surface area contributed by atoms with Crippen molar-refractivity contribution < 1.29 is 28.2 Å². The van der Waals surface area contributed by atoms with E-state index in [9.17, 15) is 18.8 Å². The van der Waals surface area contributed by atoms with E-state index < -0.39 is 30.2 Å². The van der Waals surface area contributed by atoms with E-state index in [1.807, 2.05) is 24.3 Å². The van der Waals surface area contributed by atoms with Gasteiger partial charge in [-0.2, -0.15) is 0 Å². The highest BCUT2D eigenvalue weighted by atomic mass is 79.9. The minimum Gasteiger partial charge on any atom is -0.493 e. The second kappa shape index (κ2) is 12.4. The lowest BCUT2D eigenvalue weighted by molar-refractivity contribution is -0.127. The lowest BCUT2D eigenvalue weighted by atomic mass is 10.0. The van der Waals surface area contributed by atoms with Gasteiger partial charge >= 0.3 is 6.03 Å². The summed E-state index contributed by atoms with van der Waals surface area (Å²) < 4.78 is 26.5. The van der Waals surface area contributed by atoms with Crippen molar-refractivity contribution in [2.75, 3.05) is 19.0 Å². The van der Waals surface area contributed by atoms with Crippen LogP contribution in [0.15, 0.2) is 83.5 Å². The van der Waals surface area contributed by atoms with E-state index in [4.69, 9.17) is 9.47 Å². The molecule has 0 atom stereocenters. The molecule has 1 saturated heterocycles. The summed E-state index contributed by atoms with van der Waals surface area (Å²) in [6, 6.07) is 16.1. The van der Waals surface area contributed by atoms with Crippen LogP contribution in [0.2, 0.25) is 0 Å². The largest absolute Gasteiger partial charge is 0.493 e. The fourth-order valence-electron chi connectivity index (χ4n) is 3.90. The van der Waals surface area contributed by atoms with Crippen LogP contribution in [0.3, 0.4) is 0 Å². The van der Waals surface area contributed by atoms with Crippen LogP contribution in [0, 0.1) is 5.82 Å². The number of methoxy groups -OCH3 is 1. The first-order valence-corrected chi connectivity index (χ1v) is 12.7. The normalized spacial score (nSPS) is 13.8. The molecule has 4 amide bonds. The van der Waals surface area contributed by atoms with Gasteiger partial charge in [0.2, 0.25) is 5.91 Å². The number of amides is 4. The Hall–Kier alpha value is -4.44. The number of allylic oxidation sites excluding steroid dienone is 1. The molecule has 1 aliphatic rings. The van der Waals surface area contributed by atoms with Gasteiger partial charge in [0.15, 0.2) is 11.5 Å². The molecule has 0 aromatic heterocycles. The highest BCUT2D eigenvalue weighted by Crippen LogP contribution is 2.35. The molecule has 1 aliphatic heterocycles. The molecule has 3 aromatic rings. The van der Waals surface area contributed by atoms with E-state index in [1.165, 1.54) is 31.4 Å². The van der Waals surface area contributed by atoms with E-state index >= 15 is 0 Å². The molecule has 0 saturated carbocycles. The van der Waals surface area contributed by atoms with Crippen LogP contribution in [0.1, 0.15) is 16.7 Å². The molecule has 200 valence electrons. The summed E-state index contributed by atoms with van der Waals surface area (Å²) in [7, 11) is 1.51. The van der Waals surface area contributed by atoms with Crippen LogP contribution in [0.5, 0.6) is 11.5 Å². The number of halogens is 2. The zero-order valence-corrected chi connectivity index (χ0v) is 22.6. The minimum atomic E-state index is -0.761. The second-order valence-corrected chi connectivity index (χ2v) is 9.44. The summed E-state index contributed by atoms with van der Waals surface area (Å²) in [6.45, 7) is 3.55. The van der Waals surface area contributed by atoms with E-state index in [1.54, 1.807) is 24.3 Å². The second-order valence-electron chi connectivity index (χ2n) is 8.53. The summed E-state index contributed by atoms with van der Waals surface area (Å²) in [4.78, 5) is 38.5. The van der Waals surface area contributed by atoms with Crippen LogP contribution in [0.4, 0.5) is 14.9 Å². The smallest absolute Gasteiger partial charge is 0.329 e. The van der Waals surface area contributed by atoms with Crippen molar-refractivity contribution in [1.82, 2.24) is 10.2 Å². The quantitative estimate of drug-likeness (QED) is 0.185. The summed E-state index contributed by atoms with van der Waals surface area (Å²) in [5, 5.41) is 4.85. The lowest BCUT2D eigenvalue weighted by Gasteiger charge is -2.16. The summed E-state index contributed by atoms with van der Waals surface area (Å²) >= 11 is 3.42. The molecular formula is C29H25BrFN3O5. The first kappa shape index (κ1) is 27.6. The van der Waals surface area contributed by atoms with Crippen molar-refractivity contribution in [3.05, 3.63) is 106 Å². The number of imide groups is 1. The number of nitrogens with one attached hydrogen (secondary N) is 2. The fourth-order valence-corrected chi connectivity index (χ4v) is 4.17. The zero-order valence-electron chi connectivity index (χ0n) is 21.0. The zero-order chi connectivity index (χ0) is 27.9. The third-order valence-corrected chi connectivity index (χ3v) is 6.29. The number of urea groups is 1. The van der Waals surface area contributed by atoms with Gasteiger partial charge in [-0.25, -0.2) is 14.1 Å². The molecule has 0 unspecified atom stereocenters. The highest BCUT2D eigenvalue weighted by Gasteiger charge is 2.35. The minimum absolute atomic E-state index is 0.0196. The Kier molecular flexibility index (Phi) is 8.77. The van der Waals surface area contributed by atoms with Crippen LogP contribution >= 0.6 is 15.9 Å². The van der Waals surface area contributed by atoms with Crippen LogP contribution < -0.4 is 20.1 Å². The summed E-state index contributed by atoms with van der Waals surface area (Å²) in [6.07, 6.45) is 3.67. The number of carbonyl (C=O) groups is 3.